The van der Waals surface area contributed by atoms with Crippen LogP contribution in [0.4, 0.5) is 0 Å². The number of ether oxygens (including phenoxy) is 1. The predicted molar refractivity (Wildman–Crippen MR) is 86.4 cm³/mol. The molecule has 0 bridgehead atoms. The number of esters is 1. The monoisotopic (exact) mass is 305 g/mol. The van der Waals surface area contributed by atoms with E-state index in [1.54, 1.807) is 0 Å². The van der Waals surface area contributed by atoms with Crippen molar-refractivity contribution in [2.24, 2.45) is 0 Å². The smallest absolute Gasteiger partial charge is 0.309 e. The van der Waals surface area contributed by atoms with Crippen molar-refractivity contribution in [2.45, 2.75) is 57.8 Å². The molecule has 0 amide bonds. The molecule has 0 aromatic heterocycles. The molecule has 1 saturated heterocycles. The SMILES string of the molecule is CC(C)(C)OC(=O)CC1(O)CCN(Cc2ccccc2)CC1. The van der Waals surface area contributed by atoms with E-state index < -0.39 is 11.2 Å². The zero-order chi connectivity index (χ0) is 16.2. The first-order chi connectivity index (χ1) is 10.3. The number of rotatable bonds is 4. The van der Waals surface area contributed by atoms with Crippen molar-refractivity contribution >= 4 is 5.97 Å². The molecule has 0 spiro atoms. The Balaban J connectivity index is 1.81. The molecule has 1 aromatic rings. The zero-order valence-corrected chi connectivity index (χ0v) is 13.8. The fourth-order valence-electron chi connectivity index (χ4n) is 2.79. The van der Waals surface area contributed by atoms with Crippen LogP contribution in [0.1, 0.15) is 45.6 Å². The molecular weight excluding hydrogens is 278 g/mol. The number of benzene rings is 1. The molecule has 1 heterocycles. The lowest BCUT2D eigenvalue weighted by molar-refractivity contribution is -0.162. The first-order valence-corrected chi connectivity index (χ1v) is 7.96. The Morgan fingerprint density at radius 3 is 2.36 bits per heavy atom. The standard InChI is InChI=1S/C18H27NO3/c1-17(2,3)22-16(20)13-18(21)9-11-19(12-10-18)14-15-7-5-4-6-8-15/h4-8,21H,9-14H2,1-3H3. The van der Waals surface area contributed by atoms with E-state index in [0.717, 1.165) is 19.6 Å². The average molecular weight is 305 g/mol. The van der Waals surface area contributed by atoms with Gasteiger partial charge in [0.1, 0.15) is 5.60 Å². The number of piperidine rings is 1. The Morgan fingerprint density at radius 1 is 1.23 bits per heavy atom. The van der Waals surface area contributed by atoms with Crippen molar-refractivity contribution in [3.8, 4) is 0 Å². The molecule has 0 saturated carbocycles. The van der Waals surface area contributed by atoms with Crippen molar-refractivity contribution in [3.05, 3.63) is 35.9 Å². The Kier molecular flexibility index (Phi) is 5.24. The number of carbonyl (C=O) groups excluding carboxylic acids is 1. The quantitative estimate of drug-likeness (QED) is 0.869. The van der Waals surface area contributed by atoms with Crippen molar-refractivity contribution in [1.82, 2.24) is 4.90 Å². The minimum Gasteiger partial charge on any atom is -0.460 e. The van der Waals surface area contributed by atoms with Crippen LogP contribution in [0.3, 0.4) is 0 Å². The molecular formula is C18H27NO3. The molecule has 22 heavy (non-hydrogen) atoms. The zero-order valence-electron chi connectivity index (χ0n) is 13.8. The van der Waals surface area contributed by atoms with Gasteiger partial charge in [-0.1, -0.05) is 30.3 Å². The topological polar surface area (TPSA) is 49.8 Å². The fourth-order valence-corrected chi connectivity index (χ4v) is 2.79. The van der Waals surface area contributed by atoms with Gasteiger partial charge in [0.2, 0.25) is 0 Å². The van der Waals surface area contributed by atoms with Gasteiger partial charge in [-0.25, -0.2) is 0 Å². The predicted octanol–water partition coefficient (Wildman–Crippen LogP) is 2.75. The summed E-state index contributed by atoms with van der Waals surface area (Å²) in [6, 6.07) is 10.3. The normalized spacial score (nSPS) is 18.9. The second kappa shape index (κ2) is 6.80. The number of carbonyl (C=O) groups is 1. The molecule has 1 aromatic carbocycles. The number of aliphatic hydroxyl groups is 1. The molecule has 122 valence electrons. The maximum Gasteiger partial charge on any atom is 0.309 e. The second-order valence-electron chi connectivity index (χ2n) is 7.25. The molecule has 1 fully saturated rings. The van der Waals surface area contributed by atoms with Crippen LogP contribution in [0, 0.1) is 0 Å². The van der Waals surface area contributed by atoms with Crippen LogP contribution in [0.5, 0.6) is 0 Å². The van der Waals surface area contributed by atoms with E-state index in [4.69, 9.17) is 4.74 Å². The summed E-state index contributed by atoms with van der Waals surface area (Å²) in [7, 11) is 0. The van der Waals surface area contributed by atoms with Gasteiger partial charge in [-0.15, -0.1) is 0 Å². The van der Waals surface area contributed by atoms with E-state index >= 15 is 0 Å². The highest BCUT2D eigenvalue weighted by molar-refractivity contribution is 5.71. The average Bonchev–Trinajstić information content (AvgIpc) is 2.40. The minimum absolute atomic E-state index is 0.0868. The number of hydrogen-bond acceptors (Lipinski definition) is 4. The van der Waals surface area contributed by atoms with E-state index in [0.29, 0.717) is 12.8 Å². The van der Waals surface area contributed by atoms with Crippen LogP contribution in [0.2, 0.25) is 0 Å². The third kappa shape index (κ3) is 5.43. The largest absolute Gasteiger partial charge is 0.460 e. The van der Waals surface area contributed by atoms with Crippen molar-refractivity contribution in [1.29, 1.82) is 0 Å². The summed E-state index contributed by atoms with van der Waals surface area (Å²) in [5.41, 5.74) is -0.142. The molecule has 1 aliphatic heterocycles. The summed E-state index contributed by atoms with van der Waals surface area (Å²) in [5.74, 6) is -0.313. The van der Waals surface area contributed by atoms with Crippen LogP contribution in [-0.4, -0.2) is 40.3 Å². The molecule has 1 aliphatic rings. The van der Waals surface area contributed by atoms with E-state index in [2.05, 4.69) is 17.0 Å². The molecule has 1 N–H and O–H groups in total. The van der Waals surface area contributed by atoms with Crippen LogP contribution in [0.15, 0.2) is 30.3 Å². The molecule has 4 nitrogen and oxygen atoms in total. The van der Waals surface area contributed by atoms with Gasteiger partial charge in [-0.3, -0.25) is 9.69 Å². The Bertz CT molecular complexity index is 485. The summed E-state index contributed by atoms with van der Waals surface area (Å²) >= 11 is 0. The Morgan fingerprint density at radius 2 is 1.82 bits per heavy atom. The van der Waals surface area contributed by atoms with Crippen molar-refractivity contribution in [2.75, 3.05) is 13.1 Å². The number of nitrogens with zero attached hydrogens (tertiary/aromatic N) is 1. The lowest BCUT2D eigenvalue weighted by Crippen LogP contribution is -2.45. The Labute approximate surface area is 133 Å². The van der Waals surface area contributed by atoms with Gasteiger partial charge in [0.15, 0.2) is 0 Å². The molecule has 4 heteroatoms. The van der Waals surface area contributed by atoms with Gasteiger partial charge in [-0.05, 0) is 39.2 Å². The third-order valence-electron chi connectivity index (χ3n) is 3.93. The van der Waals surface area contributed by atoms with Gasteiger partial charge in [0, 0.05) is 19.6 Å². The highest BCUT2D eigenvalue weighted by Crippen LogP contribution is 2.27. The van der Waals surface area contributed by atoms with Crippen molar-refractivity contribution in [3.63, 3.8) is 0 Å². The molecule has 0 unspecified atom stereocenters. The van der Waals surface area contributed by atoms with Gasteiger partial charge >= 0.3 is 5.97 Å². The summed E-state index contributed by atoms with van der Waals surface area (Å²) in [6.45, 7) is 8.03. The van der Waals surface area contributed by atoms with Crippen molar-refractivity contribution < 1.29 is 14.6 Å². The first kappa shape index (κ1) is 17.0. The maximum absolute atomic E-state index is 11.9. The molecule has 0 aliphatic carbocycles. The second-order valence-corrected chi connectivity index (χ2v) is 7.25. The minimum atomic E-state index is -0.921. The van der Waals surface area contributed by atoms with Crippen LogP contribution in [0.25, 0.3) is 0 Å². The van der Waals surface area contributed by atoms with Gasteiger partial charge in [-0.2, -0.15) is 0 Å². The van der Waals surface area contributed by atoms with Gasteiger partial charge < -0.3 is 9.84 Å². The fraction of sp³-hybridized carbons (Fsp3) is 0.611. The van der Waals surface area contributed by atoms with Crippen LogP contribution < -0.4 is 0 Å². The lowest BCUT2D eigenvalue weighted by Gasteiger charge is -2.38. The van der Waals surface area contributed by atoms with E-state index in [9.17, 15) is 9.90 Å². The molecule has 0 atom stereocenters. The highest BCUT2D eigenvalue weighted by atomic mass is 16.6. The summed E-state index contributed by atoms with van der Waals surface area (Å²) in [4.78, 5) is 14.2. The maximum atomic E-state index is 11.9. The van der Waals surface area contributed by atoms with E-state index in [1.165, 1.54) is 5.56 Å². The van der Waals surface area contributed by atoms with Crippen LogP contribution >= 0.6 is 0 Å². The summed E-state index contributed by atoms with van der Waals surface area (Å²) < 4.78 is 5.32. The summed E-state index contributed by atoms with van der Waals surface area (Å²) in [5, 5.41) is 10.6. The van der Waals surface area contributed by atoms with Crippen LogP contribution in [-0.2, 0) is 16.1 Å². The third-order valence-corrected chi connectivity index (χ3v) is 3.93. The number of likely N-dealkylation sites (tertiary alicyclic amines) is 1. The van der Waals surface area contributed by atoms with E-state index in [1.807, 2.05) is 39.0 Å². The highest BCUT2D eigenvalue weighted by Gasteiger charge is 2.35. The van der Waals surface area contributed by atoms with E-state index in [-0.39, 0.29) is 12.4 Å². The number of hydrogen-bond donors (Lipinski definition) is 1. The summed E-state index contributed by atoms with van der Waals surface area (Å²) in [6.07, 6.45) is 1.31. The van der Waals surface area contributed by atoms with Gasteiger partial charge in [0.05, 0.1) is 12.0 Å². The Hall–Kier alpha value is -1.39. The molecule has 2 rings (SSSR count). The lowest BCUT2D eigenvalue weighted by atomic mass is 9.88. The first-order valence-electron chi connectivity index (χ1n) is 7.96. The van der Waals surface area contributed by atoms with Gasteiger partial charge in [0.25, 0.3) is 0 Å². The molecule has 0 radical (unpaired) electrons.